The summed E-state index contributed by atoms with van der Waals surface area (Å²) in [6.45, 7) is 4.01. The molecule has 0 bridgehead atoms. The van der Waals surface area contributed by atoms with Gasteiger partial charge in [-0.1, -0.05) is 78.1 Å². The van der Waals surface area contributed by atoms with Gasteiger partial charge in [0.2, 0.25) is 23.2 Å². The van der Waals surface area contributed by atoms with Crippen molar-refractivity contribution in [3.05, 3.63) is 127 Å². The summed E-state index contributed by atoms with van der Waals surface area (Å²) in [5, 5.41) is 0. The minimum Gasteiger partial charge on any atom is -0.287 e. The predicted molar refractivity (Wildman–Crippen MR) is 237 cm³/mol. The number of ketones is 2. The van der Waals surface area contributed by atoms with E-state index in [0.29, 0.717) is 67.9 Å². The van der Waals surface area contributed by atoms with E-state index in [1.54, 1.807) is 24.3 Å². The molecule has 4 aromatic heterocycles. The molecule has 0 atom stereocenters. The van der Waals surface area contributed by atoms with Crippen LogP contribution in [0.1, 0.15) is 132 Å². The van der Waals surface area contributed by atoms with E-state index < -0.39 is 102 Å². The number of Topliss-reactive ketones (excluding diaryl/α,β-unsaturated/α-hetero) is 2. The number of aryl methyl sites for hydroxylation is 2. The van der Waals surface area contributed by atoms with E-state index >= 15 is 17.6 Å². The summed E-state index contributed by atoms with van der Waals surface area (Å²) in [4.78, 5) is 26.5. The van der Waals surface area contributed by atoms with Gasteiger partial charge in [0.1, 0.15) is 11.1 Å². The molecule has 0 aliphatic heterocycles. The maximum Gasteiger partial charge on any atom is 0.344 e. The lowest BCUT2D eigenvalue weighted by Gasteiger charge is -2.17. The van der Waals surface area contributed by atoms with Gasteiger partial charge in [0.25, 0.3) is 0 Å². The van der Waals surface area contributed by atoms with Crippen molar-refractivity contribution in [2.75, 3.05) is 0 Å². The summed E-state index contributed by atoms with van der Waals surface area (Å²) >= 11 is 2.97. The lowest BCUT2D eigenvalue weighted by Crippen LogP contribution is -2.29. The molecule has 0 aliphatic carbocycles. The average Bonchev–Trinajstić information content (AvgIpc) is 4.15. The molecule has 0 spiro atoms. The van der Waals surface area contributed by atoms with Crippen molar-refractivity contribution in [3.63, 3.8) is 0 Å². The number of alkyl halides is 4. The Hall–Kier alpha value is -4.40. The lowest BCUT2D eigenvalue weighted by atomic mass is 9.97. The van der Waals surface area contributed by atoms with E-state index in [1.807, 2.05) is 13.8 Å². The van der Waals surface area contributed by atoms with E-state index in [4.69, 9.17) is 0 Å². The highest BCUT2D eigenvalue weighted by molar-refractivity contribution is 7.28. The molecule has 0 unspecified atom stereocenters. The average molecular weight is 1040 g/mol. The summed E-state index contributed by atoms with van der Waals surface area (Å²) in [6.07, 6.45) is 8.98. The van der Waals surface area contributed by atoms with E-state index in [9.17, 15) is 53.5 Å². The molecule has 0 radical (unpaired) electrons. The van der Waals surface area contributed by atoms with Crippen LogP contribution in [0.5, 0.6) is 0 Å². The standard InChI is InChI=1S/C48H40F14O2S4/c1-3-5-7-9-11-13-15-23-21-29(67-45(23)47(59,60)43(63)31-33(49)37(53)41(57)38(54)34(31)50)27-19-17-25(65-27)26-18-20-28(66-26)30-22-24(16-14-12-10-8-6-4-2)46(68-30)48(61,62)44(64)32-35(51)39(55)42(58)40(56)36(32)52/h17-22H,3-16H2,1-2H3. The molecule has 2 nitrogen and oxygen atoms in total. The molecule has 0 N–H and O–H groups in total. The number of hydrogen-bond donors (Lipinski definition) is 0. The highest BCUT2D eigenvalue weighted by atomic mass is 32.1. The van der Waals surface area contributed by atoms with Crippen LogP contribution >= 0.6 is 45.3 Å². The van der Waals surface area contributed by atoms with Crippen LogP contribution in [0.3, 0.4) is 0 Å². The fraction of sp³-hybridized carbons (Fsp3) is 0.375. The Morgan fingerprint density at radius 2 is 0.647 bits per heavy atom. The van der Waals surface area contributed by atoms with Gasteiger partial charge in [-0.2, -0.15) is 17.6 Å². The Morgan fingerprint density at radius 3 is 0.956 bits per heavy atom. The van der Waals surface area contributed by atoms with Crippen molar-refractivity contribution < 1.29 is 71.1 Å². The van der Waals surface area contributed by atoms with E-state index in [-0.39, 0.29) is 33.7 Å². The first-order valence-electron chi connectivity index (χ1n) is 21.5. The van der Waals surface area contributed by atoms with Crippen LogP contribution in [0.25, 0.3) is 29.3 Å². The van der Waals surface area contributed by atoms with Gasteiger partial charge in [-0.15, -0.1) is 45.3 Å². The first-order valence-corrected chi connectivity index (χ1v) is 24.8. The zero-order valence-corrected chi connectivity index (χ0v) is 39.4. The van der Waals surface area contributed by atoms with Crippen LogP contribution in [0, 0.1) is 58.2 Å². The topological polar surface area (TPSA) is 34.1 Å². The summed E-state index contributed by atoms with van der Waals surface area (Å²) in [7, 11) is 0. The number of unbranched alkanes of at least 4 members (excludes halogenated alkanes) is 10. The normalized spacial score (nSPS) is 12.2. The Balaban J connectivity index is 1.33. The molecule has 6 aromatic rings. The van der Waals surface area contributed by atoms with Gasteiger partial charge in [0.15, 0.2) is 46.5 Å². The molecule has 0 saturated carbocycles. The monoisotopic (exact) mass is 1040 g/mol. The minimum absolute atomic E-state index is 0.0136. The number of carbonyl (C=O) groups is 2. The lowest BCUT2D eigenvalue weighted by molar-refractivity contribution is 0.00818. The molecule has 68 heavy (non-hydrogen) atoms. The van der Waals surface area contributed by atoms with Crippen molar-refractivity contribution in [2.45, 2.75) is 116 Å². The Bertz CT molecular complexity index is 2550. The van der Waals surface area contributed by atoms with Crippen LogP contribution in [-0.2, 0) is 24.7 Å². The van der Waals surface area contributed by atoms with E-state index in [1.165, 1.54) is 12.1 Å². The van der Waals surface area contributed by atoms with Crippen molar-refractivity contribution in [2.24, 2.45) is 0 Å². The maximum absolute atomic E-state index is 16.2. The summed E-state index contributed by atoms with van der Waals surface area (Å²) in [6, 6.07) is 9.08. The van der Waals surface area contributed by atoms with Crippen LogP contribution < -0.4 is 0 Å². The number of thiophene rings is 4. The molecule has 0 fully saturated rings. The number of halogens is 14. The van der Waals surface area contributed by atoms with Crippen LogP contribution in [0.2, 0.25) is 0 Å². The fourth-order valence-corrected chi connectivity index (χ4v) is 12.2. The molecule has 4 heterocycles. The molecule has 20 heteroatoms. The second-order valence-corrected chi connectivity index (χ2v) is 20.3. The van der Waals surface area contributed by atoms with Gasteiger partial charge < -0.3 is 0 Å². The second-order valence-electron chi connectivity index (χ2n) is 16.0. The number of rotatable bonds is 23. The third-order valence-electron chi connectivity index (χ3n) is 11.2. The molecule has 0 saturated heterocycles. The molecule has 6 rings (SSSR count). The maximum atomic E-state index is 16.2. The predicted octanol–water partition coefficient (Wildman–Crippen LogP) is 18.1. The van der Waals surface area contributed by atoms with E-state index in [2.05, 4.69) is 0 Å². The molecule has 0 aliphatic rings. The fourth-order valence-electron chi connectivity index (χ4n) is 7.53. The smallest absolute Gasteiger partial charge is 0.287 e. The SMILES string of the molecule is CCCCCCCCc1cc(-c2ccc(-c3ccc(-c4cc(CCCCCCCC)c(C(F)(F)C(=O)c5c(F)c(F)c(F)c(F)c5F)s4)s3)s2)sc1C(F)(F)C(=O)c1c(F)c(F)c(F)c(F)c1F. The summed E-state index contributed by atoms with van der Waals surface area (Å²) in [5.74, 6) is -41.0. The van der Waals surface area contributed by atoms with Crippen molar-refractivity contribution in [1.29, 1.82) is 0 Å². The third kappa shape index (κ3) is 10.7. The number of benzene rings is 2. The van der Waals surface area contributed by atoms with Crippen molar-refractivity contribution in [3.8, 4) is 29.3 Å². The minimum atomic E-state index is -4.73. The Labute approximate surface area is 397 Å². The second kappa shape index (κ2) is 22.1. The van der Waals surface area contributed by atoms with Gasteiger partial charge >= 0.3 is 11.8 Å². The van der Waals surface area contributed by atoms with Crippen LogP contribution in [0.15, 0.2) is 36.4 Å². The third-order valence-corrected chi connectivity index (χ3v) is 16.4. The van der Waals surface area contributed by atoms with E-state index in [0.717, 1.165) is 74.0 Å². The summed E-state index contributed by atoms with van der Waals surface area (Å²) < 4.78 is 207. The molecule has 2 aromatic carbocycles. The van der Waals surface area contributed by atoms with Crippen LogP contribution in [-0.4, -0.2) is 11.6 Å². The van der Waals surface area contributed by atoms with Crippen LogP contribution in [0.4, 0.5) is 61.5 Å². The van der Waals surface area contributed by atoms with Gasteiger partial charge in [0, 0.05) is 29.3 Å². The highest BCUT2D eigenvalue weighted by Crippen LogP contribution is 2.50. The summed E-state index contributed by atoms with van der Waals surface area (Å²) in [5.41, 5.74) is -4.69. The van der Waals surface area contributed by atoms with Gasteiger partial charge in [0.05, 0.1) is 9.75 Å². The van der Waals surface area contributed by atoms with Crippen molar-refractivity contribution in [1.82, 2.24) is 0 Å². The Kier molecular flexibility index (Phi) is 17.2. The number of carbonyl (C=O) groups excluding carboxylic acids is 2. The zero-order chi connectivity index (χ0) is 49.8. The quantitative estimate of drug-likeness (QED) is 0.0211. The molecule has 0 amide bonds. The van der Waals surface area contributed by atoms with Gasteiger partial charge in [-0.3, -0.25) is 9.59 Å². The largest absolute Gasteiger partial charge is 0.344 e. The van der Waals surface area contributed by atoms with Gasteiger partial charge in [-0.25, -0.2) is 43.9 Å². The first kappa shape index (κ1) is 53.0. The first-order chi connectivity index (χ1) is 32.2. The molecular formula is C48H40F14O2S4. The van der Waals surface area contributed by atoms with Crippen molar-refractivity contribution >= 4 is 56.9 Å². The molecular weight excluding hydrogens is 1000 g/mol. The zero-order valence-electron chi connectivity index (χ0n) is 36.1. The highest BCUT2D eigenvalue weighted by Gasteiger charge is 2.50. The van der Waals surface area contributed by atoms with Gasteiger partial charge in [-0.05, 0) is 73.2 Å². The molecule has 366 valence electrons. The number of hydrogen-bond acceptors (Lipinski definition) is 6. The Morgan fingerprint density at radius 1 is 0.382 bits per heavy atom.